The van der Waals surface area contributed by atoms with Gasteiger partial charge in [0.25, 0.3) is 17.5 Å². The Balaban J connectivity index is 1.69. The number of rotatable bonds is 3. The van der Waals surface area contributed by atoms with Crippen molar-refractivity contribution in [2.45, 2.75) is 19.3 Å². The minimum absolute atomic E-state index is 0.0704. The molecule has 0 saturated carbocycles. The van der Waals surface area contributed by atoms with E-state index in [0.717, 1.165) is 19.3 Å². The number of amidine groups is 1. The van der Waals surface area contributed by atoms with E-state index in [1.807, 2.05) is 6.07 Å². The Morgan fingerprint density at radius 1 is 1.06 bits per heavy atom. The minimum atomic E-state index is -0.579. The van der Waals surface area contributed by atoms with Crippen molar-refractivity contribution in [3.05, 3.63) is 80.9 Å². The molecule has 32 heavy (non-hydrogen) atoms. The summed E-state index contributed by atoms with van der Waals surface area (Å²) in [5.74, 6) is -0.761. The topological polar surface area (TPSA) is 129 Å². The van der Waals surface area contributed by atoms with Crippen molar-refractivity contribution in [2.75, 3.05) is 13.1 Å². The number of hydrogen-bond donors (Lipinski definition) is 1. The average Bonchev–Trinajstić information content (AvgIpc) is 3.18. The lowest BCUT2D eigenvalue weighted by molar-refractivity contribution is -0.384. The van der Waals surface area contributed by atoms with Crippen LogP contribution < -0.4 is 5.32 Å². The van der Waals surface area contributed by atoms with Gasteiger partial charge >= 0.3 is 0 Å². The second kappa shape index (κ2) is 8.81. The van der Waals surface area contributed by atoms with Crippen LogP contribution >= 0.6 is 0 Å². The molecule has 0 atom stereocenters. The summed E-state index contributed by atoms with van der Waals surface area (Å²) in [6, 6.07) is 14.3. The molecule has 2 aromatic carbocycles. The standard InChI is InChI=1S/C23H19N5O4/c24-14-19(23(30)27-11-4-1-5-12-27)20-17-9-2-3-10-18(17)21(25-20)26-22(29)15-7-6-8-16(13-15)28(31)32/h2-3,6-10,13H,1,4-5,11-12H2,(H,25,26,29)/b20-19-. The maximum absolute atomic E-state index is 13.0. The third-order valence-corrected chi connectivity index (χ3v) is 5.42. The number of nitrogens with zero attached hydrogens (tertiary/aromatic N) is 4. The van der Waals surface area contributed by atoms with Gasteiger partial charge in [0.1, 0.15) is 17.5 Å². The molecule has 0 radical (unpaired) electrons. The van der Waals surface area contributed by atoms with Gasteiger partial charge in [-0.3, -0.25) is 19.7 Å². The number of nitrogens with one attached hydrogen (secondary N) is 1. The van der Waals surface area contributed by atoms with Gasteiger partial charge in [-0.05, 0) is 25.3 Å². The van der Waals surface area contributed by atoms with E-state index < -0.39 is 10.8 Å². The lowest BCUT2D eigenvalue weighted by Crippen LogP contribution is -2.36. The van der Waals surface area contributed by atoms with Crippen molar-refractivity contribution < 1.29 is 14.5 Å². The highest BCUT2D eigenvalue weighted by atomic mass is 16.6. The number of nitriles is 1. The number of carbonyl (C=O) groups is 2. The molecule has 2 heterocycles. The van der Waals surface area contributed by atoms with Crippen molar-refractivity contribution in [1.82, 2.24) is 10.2 Å². The van der Waals surface area contributed by atoms with Crippen LogP contribution in [0, 0.1) is 21.4 Å². The van der Waals surface area contributed by atoms with Gasteiger partial charge in [0.15, 0.2) is 0 Å². The highest BCUT2D eigenvalue weighted by molar-refractivity contribution is 6.20. The molecule has 9 heteroatoms. The van der Waals surface area contributed by atoms with E-state index in [4.69, 9.17) is 0 Å². The quantitative estimate of drug-likeness (QED) is 0.347. The summed E-state index contributed by atoms with van der Waals surface area (Å²) in [6.07, 6.45) is 2.84. The number of benzene rings is 2. The van der Waals surface area contributed by atoms with Gasteiger partial charge in [-0.1, -0.05) is 30.3 Å². The summed E-state index contributed by atoms with van der Waals surface area (Å²) < 4.78 is 0. The van der Waals surface area contributed by atoms with E-state index in [-0.39, 0.29) is 34.3 Å². The fourth-order valence-electron chi connectivity index (χ4n) is 3.81. The highest BCUT2D eigenvalue weighted by Gasteiger charge is 2.30. The zero-order chi connectivity index (χ0) is 22.7. The van der Waals surface area contributed by atoms with Crippen LogP contribution in [0.2, 0.25) is 0 Å². The average molecular weight is 429 g/mol. The molecule has 2 aliphatic heterocycles. The summed E-state index contributed by atoms with van der Waals surface area (Å²) in [6.45, 7) is 1.19. The van der Waals surface area contributed by atoms with Crippen molar-refractivity contribution in [3.8, 4) is 6.07 Å². The van der Waals surface area contributed by atoms with Gasteiger partial charge in [0, 0.05) is 41.9 Å². The molecule has 0 aliphatic carbocycles. The van der Waals surface area contributed by atoms with Gasteiger partial charge in [0.05, 0.1) is 10.6 Å². The molecule has 2 aliphatic rings. The van der Waals surface area contributed by atoms with Crippen molar-refractivity contribution in [1.29, 1.82) is 5.26 Å². The number of nitro groups is 1. The van der Waals surface area contributed by atoms with Gasteiger partial charge < -0.3 is 10.2 Å². The molecule has 1 N–H and O–H groups in total. The predicted octanol–water partition coefficient (Wildman–Crippen LogP) is 3.03. The Bertz CT molecular complexity index is 1220. The summed E-state index contributed by atoms with van der Waals surface area (Å²) in [4.78, 5) is 42.3. The summed E-state index contributed by atoms with van der Waals surface area (Å²) in [7, 11) is 0. The molecule has 1 saturated heterocycles. The molecule has 0 bridgehead atoms. The van der Waals surface area contributed by atoms with E-state index in [9.17, 15) is 25.0 Å². The molecular formula is C23H19N5O4. The number of likely N-dealkylation sites (tertiary alicyclic amines) is 1. The van der Waals surface area contributed by atoms with Crippen LogP contribution in [0.1, 0.15) is 40.7 Å². The monoisotopic (exact) mass is 429 g/mol. The van der Waals surface area contributed by atoms with Crippen LogP contribution in [0.5, 0.6) is 0 Å². The molecule has 0 unspecified atom stereocenters. The lowest BCUT2D eigenvalue weighted by atomic mass is 10.0. The van der Waals surface area contributed by atoms with E-state index in [1.165, 1.54) is 24.3 Å². The summed E-state index contributed by atoms with van der Waals surface area (Å²) in [5, 5.41) is 23.4. The normalized spacial score (nSPS) is 16.5. The molecule has 2 aromatic rings. The molecule has 4 rings (SSSR count). The Labute approximate surface area is 183 Å². The molecule has 0 spiro atoms. The number of piperidine rings is 1. The van der Waals surface area contributed by atoms with E-state index in [1.54, 1.807) is 29.2 Å². The summed E-state index contributed by atoms with van der Waals surface area (Å²) in [5.41, 5.74) is 1.18. The number of fused-ring (bicyclic) bond motifs is 1. The van der Waals surface area contributed by atoms with Crippen LogP contribution in [-0.2, 0) is 4.79 Å². The summed E-state index contributed by atoms with van der Waals surface area (Å²) >= 11 is 0. The fourth-order valence-corrected chi connectivity index (χ4v) is 3.81. The minimum Gasteiger partial charge on any atom is -0.338 e. The van der Waals surface area contributed by atoms with Crippen molar-refractivity contribution >= 4 is 29.0 Å². The fraction of sp³-hybridized carbons (Fsp3) is 0.217. The van der Waals surface area contributed by atoms with Gasteiger partial charge in [-0.2, -0.15) is 5.26 Å². The first-order valence-electron chi connectivity index (χ1n) is 10.2. The largest absolute Gasteiger partial charge is 0.338 e. The van der Waals surface area contributed by atoms with Crippen LogP contribution in [0.25, 0.3) is 5.70 Å². The zero-order valence-corrected chi connectivity index (χ0v) is 17.1. The molecular weight excluding hydrogens is 410 g/mol. The molecule has 2 amide bonds. The molecule has 9 nitrogen and oxygen atoms in total. The number of aliphatic imine (C=N–C) groups is 1. The smallest absolute Gasteiger partial charge is 0.270 e. The maximum Gasteiger partial charge on any atom is 0.270 e. The van der Waals surface area contributed by atoms with E-state index in [0.29, 0.717) is 24.2 Å². The third kappa shape index (κ3) is 3.98. The molecule has 0 aromatic heterocycles. The van der Waals surface area contributed by atoms with Crippen molar-refractivity contribution in [3.63, 3.8) is 0 Å². The first kappa shape index (κ1) is 20.9. The maximum atomic E-state index is 13.0. The Hall–Kier alpha value is -4.32. The van der Waals surface area contributed by atoms with Gasteiger partial charge in [-0.15, -0.1) is 0 Å². The molecule has 1 fully saturated rings. The highest BCUT2D eigenvalue weighted by Crippen LogP contribution is 2.31. The predicted molar refractivity (Wildman–Crippen MR) is 117 cm³/mol. The van der Waals surface area contributed by atoms with Crippen LogP contribution in [-0.4, -0.2) is 40.6 Å². The Morgan fingerprint density at radius 2 is 1.78 bits per heavy atom. The third-order valence-electron chi connectivity index (χ3n) is 5.42. The first-order valence-corrected chi connectivity index (χ1v) is 10.2. The Morgan fingerprint density at radius 3 is 2.47 bits per heavy atom. The second-order valence-electron chi connectivity index (χ2n) is 7.46. The van der Waals surface area contributed by atoms with E-state index >= 15 is 0 Å². The van der Waals surface area contributed by atoms with Gasteiger partial charge in [-0.25, -0.2) is 4.99 Å². The number of non-ortho nitro benzene ring substituents is 1. The van der Waals surface area contributed by atoms with E-state index in [2.05, 4.69) is 10.3 Å². The molecule has 160 valence electrons. The first-order chi connectivity index (χ1) is 15.5. The second-order valence-corrected chi connectivity index (χ2v) is 7.46. The number of amides is 2. The van der Waals surface area contributed by atoms with Crippen LogP contribution in [0.4, 0.5) is 5.69 Å². The lowest BCUT2D eigenvalue weighted by Gasteiger charge is -2.26. The van der Waals surface area contributed by atoms with Crippen LogP contribution in [0.15, 0.2) is 59.1 Å². The number of carbonyl (C=O) groups excluding carboxylic acids is 2. The number of hydrogen-bond acceptors (Lipinski definition) is 6. The van der Waals surface area contributed by atoms with Crippen LogP contribution in [0.3, 0.4) is 0 Å². The van der Waals surface area contributed by atoms with Crippen molar-refractivity contribution in [2.24, 2.45) is 4.99 Å². The Kier molecular flexibility index (Phi) is 5.77. The zero-order valence-electron chi connectivity index (χ0n) is 17.1. The SMILES string of the molecule is N#C/C(C(=O)N1CCCCC1)=C1/N=C(NC(=O)c2cccc([N+](=O)[O-])c2)c2ccccc21. The van der Waals surface area contributed by atoms with Gasteiger partial charge in [0.2, 0.25) is 0 Å². The number of nitro benzene ring substituents is 1.